The van der Waals surface area contributed by atoms with Crippen molar-refractivity contribution < 1.29 is 23.1 Å². The minimum absolute atomic E-state index is 0.0703. The lowest BCUT2D eigenvalue weighted by atomic mass is 10.0. The van der Waals surface area contributed by atoms with Crippen molar-refractivity contribution >= 4 is 11.9 Å². The van der Waals surface area contributed by atoms with Crippen LogP contribution in [0.3, 0.4) is 0 Å². The molecule has 0 radical (unpaired) electrons. The van der Waals surface area contributed by atoms with Gasteiger partial charge in [-0.1, -0.05) is 36.4 Å². The summed E-state index contributed by atoms with van der Waals surface area (Å²) in [6.07, 6.45) is -2.09. The van der Waals surface area contributed by atoms with Gasteiger partial charge in [-0.15, -0.1) is 0 Å². The van der Waals surface area contributed by atoms with Gasteiger partial charge >= 0.3 is 6.18 Å². The Morgan fingerprint density at radius 2 is 1.62 bits per heavy atom. The smallest absolute Gasteiger partial charge is 0.417 e. The van der Waals surface area contributed by atoms with E-state index >= 15 is 0 Å². The molecule has 0 heterocycles. The number of alkyl halides is 3. The van der Waals surface area contributed by atoms with Gasteiger partial charge in [0.2, 0.25) is 0 Å². The lowest BCUT2D eigenvalue weighted by Crippen LogP contribution is -2.11. The Morgan fingerprint density at radius 3 is 2.24 bits per heavy atom. The Kier molecular flexibility index (Phi) is 4.12. The van der Waals surface area contributed by atoms with Crippen molar-refractivity contribution in [3.05, 3.63) is 71.3 Å². The van der Waals surface area contributed by atoms with Crippen molar-refractivity contribution in [1.82, 2.24) is 0 Å². The number of phenols is 1. The monoisotopic (exact) mass is 292 g/mol. The first-order valence-corrected chi connectivity index (χ1v) is 6.05. The van der Waals surface area contributed by atoms with Crippen LogP contribution in [0.15, 0.2) is 54.6 Å². The summed E-state index contributed by atoms with van der Waals surface area (Å²) >= 11 is 0. The maximum absolute atomic E-state index is 12.8. The van der Waals surface area contributed by atoms with Crippen LogP contribution in [0.4, 0.5) is 13.2 Å². The molecule has 0 atom stereocenters. The van der Waals surface area contributed by atoms with Crippen molar-refractivity contribution in [3.63, 3.8) is 0 Å². The second kappa shape index (κ2) is 5.83. The highest BCUT2D eigenvalue weighted by Crippen LogP contribution is 2.32. The number of hydrogen-bond donors (Lipinski definition) is 1. The van der Waals surface area contributed by atoms with E-state index in [2.05, 4.69) is 0 Å². The average Bonchev–Trinajstić information content (AvgIpc) is 2.45. The number of benzene rings is 2. The molecule has 21 heavy (non-hydrogen) atoms. The highest BCUT2D eigenvalue weighted by atomic mass is 19.4. The molecule has 5 heteroatoms. The SMILES string of the molecule is O=C(C=Cc1ccc(O)cc1)c1ccccc1C(F)(F)F. The Morgan fingerprint density at radius 1 is 1.00 bits per heavy atom. The first-order chi connectivity index (χ1) is 9.88. The average molecular weight is 292 g/mol. The summed E-state index contributed by atoms with van der Waals surface area (Å²) in [4.78, 5) is 11.9. The van der Waals surface area contributed by atoms with Crippen LogP contribution in [0.1, 0.15) is 21.5 Å². The summed E-state index contributed by atoms with van der Waals surface area (Å²) in [5.41, 5.74) is -0.740. The van der Waals surface area contributed by atoms with Gasteiger partial charge in [0.1, 0.15) is 5.75 Å². The Hall–Kier alpha value is -2.56. The summed E-state index contributed by atoms with van der Waals surface area (Å²) in [7, 11) is 0. The maximum atomic E-state index is 12.8. The molecule has 0 aliphatic rings. The molecular formula is C16H11F3O2. The van der Waals surface area contributed by atoms with Crippen LogP contribution >= 0.6 is 0 Å². The summed E-state index contributed by atoms with van der Waals surface area (Å²) in [6.45, 7) is 0. The fourth-order valence-electron chi connectivity index (χ4n) is 1.79. The van der Waals surface area contributed by atoms with Gasteiger partial charge in [-0.3, -0.25) is 4.79 Å². The minimum Gasteiger partial charge on any atom is -0.508 e. The van der Waals surface area contributed by atoms with Crippen LogP contribution in [0.2, 0.25) is 0 Å². The zero-order chi connectivity index (χ0) is 15.5. The van der Waals surface area contributed by atoms with Crippen molar-refractivity contribution in [3.8, 4) is 5.75 Å². The zero-order valence-corrected chi connectivity index (χ0v) is 10.8. The normalized spacial score (nSPS) is 11.8. The lowest BCUT2D eigenvalue weighted by Gasteiger charge is -2.10. The maximum Gasteiger partial charge on any atom is 0.417 e. The van der Waals surface area contributed by atoms with Crippen LogP contribution in [0.5, 0.6) is 5.75 Å². The molecule has 2 nitrogen and oxygen atoms in total. The van der Waals surface area contributed by atoms with Gasteiger partial charge in [0.15, 0.2) is 5.78 Å². The second-order valence-corrected chi connectivity index (χ2v) is 4.33. The summed E-state index contributed by atoms with van der Waals surface area (Å²) in [6, 6.07) is 10.6. The number of ketones is 1. The molecule has 0 saturated carbocycles. The van der Waals surface area contributed by atoms with Crippen LogP contribution in [0, 0.1) is 0 Å². The van der Waals surface area contributed by atoms with E-state index in [0.29, 0.717) is 5.56 Å². The molecule has 0 saturated heterocycles. The third kappa shape index (κ3) is 3.72. The Bertz CT molecular complexity index is 671. The van der Waals surface area contributed by atoms with Crippen molar-refractivity contribution in [2.75, 3.05) is 0 Å². The van der Waals surface area contributed by atoms with Crippen LogP contribution in [-0.4, -0.2) is 10.9 Å². The molecule has 0 bridgehead atoms. The van der Waals surface area contributed by atoms with Gasteiger partial charge in [-0.05, 0) is 29.8 Å². The van der Waals surface area contributed by atoms with Gasteiger partial charge in [-0.2, -0.15) is 13.2 Å². The molecule has 0 unspecified atom stereocenters. The largest absolute Gasteiger partial charge is 0.508 e. The van der Waals surface area contributed by atoms with E-state index < -0.39 is 17.5 Å². The second-order valence-electron chi connectivity index (χ2n) is 4.33. The van der Waals surface area contributed by atoms with E-state index in [9.17, 15) is 18.0 Å². The topological polar surface area (TPSA) is 37.3 Å². The summed E-state index contributed by atoms with van der Waals surface area (Å²) in [5.74, 6) is -0.656. The number of rotatable bonds is 3. The van der Waals surface area contributed by atoms with E-state index in [1.54, 1.807) is 12.1 Å². The number of carbonyl (C=O) groups excluding carboxylic acids is 1. The van der Waals surface area contributed by atoms with E-state index in [-0.39, 0.29) is 11.3 Å². The molecule has 1 N–H and O–H groups in total. The molecule has 0 aliphatic heterocycles. The quantitative estimate of drug-likeness (QED) is 0.676. The first kappa shape index (κ1) is 14.8. The van der Waals surface area contributed by atoms with Gasteiger partial charge in [0.25, 0.3) is 0 Å². The molecule has 0 aliphatic carbocycles. The summed E-state index contributed by atoms with van der Waals surface area (Å²) < 4.78 is 38.4. The third-order valence-electron chi connectivity index (χ3n) is 2.82. The number of carbonyl (C=O) groups is 1. The van der Waals surface area contributed by atoms with Gasteiger partial charge in [-0.25, -0.2) is 0 Å². The molecule has 2 rings (SSSR count). The van der Waals surface area contributed by atoms with Gasteiger partial charge in [0.05, 0.1) is 5.56 Å². The van der Waals surface area contributed by atoms with E-state index in [1.165, 1.54) is 30.3 Å². The van der Waals surface area contributed by atoms with Gasteiger partial charge < -0.3 is 5.11 Å². The number of aromatic hydroxyl groups is 1. The molecule has 108 valence electrons. The minimum atomic E-state index is -4.57. The van der Waals surface area contributed by atoms with Crippen molar-refractivity contribution in [2.45, 2.75) is 6.18 Å². The highest BCUT2D eigenvalue weighted by Gasteiger charge is 2.34. The van der Waals surface area contributed by atoms with Crippen LogP contribution in [-0.2, 0) is 6.18 Å². The standard InChI is InChI=1S/C16H11F3O2/c17-16(18,19)14-4-2-1-3-13(14)15(21)10-7-11-5-8-12(20)9-6-11/h1-10,20H. The zero-order valence-electron chi connectivity index (χ0n) is 10.8. The third-order valence-corrected chi connectivity index (χ3v) is 2.82. The van der Waals surface area contributed by atoms with E-state index in [1.807, 2.05) is 0 Å². The highest BCUT2D eigenvalue weighted by molar-refractivity contribution is 6.07. The van der Waals surface area contributed by atoms with Crippen LogP contribution < -0.4 is 0 Å². The number of allylic oxidation sites excluding steroid dienone is 1. The number of halogens is 3. The van der Waals surface area contributed by atoms with E-state index in [0.717, 1.165) is 18.2 Å². The van der Waals surface area contributed by atoms with Crippen molar-refractivity contribution in [2.24, 2.45) is 0 Å². The fourth-order valence-corrected chi connectivity index (χ4v) is 1.79. The van der Waals surface area contributed by atoms with Gasteiger partial charge in [0, 0.05) is 5.56 Å². The predicted molar refractivity (Wildman–Crippen MR) is 72.9 cm³/mol. The number of hydrogen-bond acceptors (Lipinski definition) is 2. The predicted octanol–water partition coefficient (Wildman–Crippen LogP) is 4.31. The molecule has 0 fully saturated rings. The molecule has 0 amide bonds. The Labute approximate surface area is 119 Å². The first-order valence-electron chi connectivity index (χ1n) is 6.05. The van der Waals surface area contributed by atoms with Crippen LogP contribution in [0.25, 0.3) is 6.08 Å². The molecule has 2 aromatic carbocycles. The molecule has 2 aromatic rings. The Balaban J connectivity index is 2.27. The summed E-state index contributed by atoms with van der Waals surface area (Å²) in [5, 5.41) is 9.12. The van der Waals surface area contributed by atoms with Crippen molar-refractivity contribution in [1.29, 1.82) is 0 Å². The molecular weight excluding hydrogens is 281 g/mol. The molecule has 0 aromatic heterocycles. The fraction of sp³-hybridized carbons (Fsp3) is 0.0625. The lowest BCUT2D eigenvalue weighted by molar-refractivity contribution is -0.137. The number of phenolic OH excluding ortho intramolecular Hbond substituents is 1. The molecule has 0 spiro atoms. The van der Waals surface area contributed by atoms with E-state index in [4.69, 9.17) is 5.11 Å².